The van der Waals surface area contributed by atoms with Gasteiger partial charge in [-0.3, -0.25) is 4.79 Å². The summed E-state index contributed by atoms with van der Waals surface area (Å²) in [5, 5.41) is 6.06. The number of aromatic nitrogens is 3. The van der Waals surface area contributed by atoms with Gasteiger partial charge < -0.3 is 24.8 Å². The summed E-state index contributed by atoms with van der Waals surface area (Å²) >= 11 is 0. The van der Waals surface area contributed by atoms with Crippen molar-refractivity contribution in [2.24, 2.45) is 5.92 Å². The van der Waals surface area contributed by atoms with Gasteiger partial charge in [0.2, 0.25) is 5.91 Å². The van der Waals surface area contributed by atoms with Gasteiger partial charge in [0.15, 0.2) is 5.82 Å². The molecule has 1 unspecified atom stereocenters. The number of amides is 3. The van der Waals surface area contributed by atoms with Crippen LogP contribution in [0.2, 0.25) is 0 Å². The Morgan fingerprint density at radius 2 is 1.92 bits per heavy atom. The standard InChI is InChI=1S/C28H35FN6O3/c1-17(2)35-16-31-26-23(29)12-20(13-24(26)35)22-14-25(30-15-18(22)3)33-27(36)19-5-4-6-21(11-19)32-28(37)34-7-9-38-10-8-34/h12-17,19,21H,4-11H2,1-3H3,(H,32,37)(H,30,33,36)/t19?,21-/m1/s1. The van der Waals surface area contributed by atoms with Gasteiger partial charge in [0.05, 0.1) is 25.1 Å². The lowest BCUT2D eigenvalue weighted by atomic mass is 9.85. The molecule has 2 N–H and O–H groups in total. The van der Waals surface area contributed by atoms with Crippen LogP contribution in [0.3, 0.4) is 0 Å². The lowest BCUT2D eigenvalue weighted by molar-refractivity contribution is -0.121. The average Bonchev–Trinajstić information content (AvgIpc) is 3.35. The summed E-state index contributed by atoms with van der Waals surface area (Å²) in [6, 6.07) is 5.22. The third-order valence-electron chi connectivity index (χ3n) is 7.53. The molecule has 9 nitrogen and oxygen atoms in total. The first-order valence-corrected chi connectivity index (χ1v) is 13.4. The Hall–Kier alpha value is -3.53. The van der Waals surface area contributed by atoms with Crippen molar-refractivity contribution >= 4 is 28.8 Å². The highest BCUT2D eigenvalue weighted by Gasteiger charge is 2.30. The van der Waals surface area contributed by atoms with E-state index in [9.17, 15) is 14.0 Å². The van der Waals surface area contributed by atoms with Crippen molar-refractivity contribution < 1.29 is 18.7 Å². The van der Waals surface area contributed by atoms with E-state index in [1.54, 1.807) is 23.5 Å². The lowest BCUT2D eigenvalue weighted by Crippen LogP contribution is -2.50. The highest BCUT2D eigenvalue weighted by molar-refractivity contribution is 5.93. The van der Waals surface area contributed by atoms with E-state index in [0.717, 1.165) is 35.9 Å². The maximum absolute atomic E-state index is 14.9. The van der Waals surface area contributed by atoms with E-state index in [1.165, 1.54) is 6.07 Å². The van der Waals surface area contributed by atoms with Gasteiger partial charge in [0.1, 0.15) is 11.3 Å². The van der Waals surface area contributed by atoms with Crippen LogP contribution in [0.1, 0.15) is 51.1 Å². The number of carbonyl (C=O) groups is 2. The number of nitrogens with one attached hydrogen (secondary N) is 2. The minimum Gasteiger partial charge on any atom is -0.378 e. The molecule has 2 aromatic heterocycles. The van der Waals surface area contributed by atoms with E-state index < -0.39 is 0 Å². The monoisotopic (exact) mass is 522 g/mol. The summed E-state index contributed by atoms with van der Waals surface area (Å²) in [6.07, 6.45) is 6.42. The van der Waals surface area contributed by atoms with Crippen LogP contribution in [0.5, 0.6) is 0 Å². The van der Waals surface area contributed by atoms with Crippen LogP contribution in [-0.2, 0) is 9.53 Å². The maximum Gasteiger partial charge on any atom is 0.317 e. The summed E-state index contributed by atoms with van der Waals surface area (Å²) in [4.78, 5) is 36.2. The molecule has 1 saturated carbocycles. The fourth-order valence-electron chi connectivity index (χ4n) is 5.38. The van der Waals surface area contributed by atoms with E-state index >= 15 is 0 Å². The lowest BCUT2D eigenvalue weighted by Gasteiger charge is -2.32. The molecular formula is C28H35FN6O3. The molecule has 1 saturated heterocycles. The second kappa shape index (κ2) is 11.1. The number of hydrogen-bond acceptors (Lipinski definition) is 5. The Labute approximate surface area is 221 Å². The topological polar surface area (TPSA) is 101 Å². The minimum absolute atomic E-state index is 0.0445. The summed E-state index contributed by atoms with van der Waals surface area (Å²) in [7, 11) is 0. The predicted molar refractivity (Wildman–Crippen MR) is 143 cm³/mol. The normalized spacial score (nSPS) is 20.1. The number of rotatable bonds is 5. The molecule has 2 atom stereocenters. The number of halogens is 1. The molecule has 2 fully saturated rings. The van der Waals surface area contributed by atoms with Crippen molar-refractivity contribution in [3.8, 4) is 11.1 Å². The van der Waals surface area contributed by atoms with E-state index in [2.05, 4.69) is 20.6 Å². The second-order valence-corrected chi connectivity index (χ2v) is 10.6. The summed E-state index contributed by atoms with van der Waals surface area (Å²) in [5.41, 5.74) is 3.45. The van der Waals surface area contributed by atoms with Gasteiger partial charge in [-0.05, 0) is 74.9 Å². The first-order chi connectivity index (χ1) is 18.3. The zero-order chi connectivity index (χ0) is 26.8. The minimum atomic E-state index is -0.383. The molecule has 10 heteroatoms. The molecular weight excluding hydrogens is 487 g/mol. The molecule has 202 valence electrons. The molecule has 2 aliphatic rings. The van der Waals surface area contributed by atoms with Crippen molar-refractivity contribution in [3.05, 3.63) is 42.1 Å². The Bertz CT molecular complexity index is 1330. The number of hydrogen-bond donors (Lipinski definition) is 2. The fourth-order valence-corrected chi connectivity index (χ4v) is 5.38. The molecule has 1 aliphatic carbocycles. The van der Waals surface area contributed by atoms with Crippen LogP contribution in [0.4, 0.5) is 15.0 Å². The Morgan fingerprint density at radius 1 is 1.13 bits per heavy atom. The van der Waals surface area contributed by atoms with Crippen molar-refractivity contribution in [1.82, 2.24) is 24.8 Å². The SMILES string of the molecule is Cc1cnc(NC(=O)C2CCC[C@@H](NC(=O)N3CCOCC3)C2)cc1-c1cc(F)c2ncn(C(C)C)c2c1. The number of benzene rings is 1. The fraction of sp³-hybridized carbons (Fsp3) is 0.500. The number of pyridine rings is 1. The number of imidazole rings is 1. The quantitative estimate of drug-likeness (QED) is 0.507. The number of fused-ring (bicyclic) bond motifs is 1. The second-order valence-electron chi connectivity index (χ2n) is 10.6. The highest BCUT2D eigenvalue weighted by Crippen LogP contribution is 2.32. The molecule has 0 radical (unpaired) electrons. The van der Waals surface area contributed by atoms with Gasteiger partial charge in [-0.25, -0.2) is 19.2 Å². The number of carbonyl (C=O) groups excluding carboxylic acids is 2. The largest absolute Gasteiger partial charge is 0.378 e. The predicted octanol–water partition coefficient (Wildman–Crippen LogP) is 4.67. The van der Waals surface area contributed by atoms with E-state index in [-0.39, 0.29) is 35.8 Å². The zero-order valence-electron chi connectivity index (χ0n) is 22.2. The van der Waals surface area contributed by atoms with E-state index in [0.29, 0.717) is 49.6 Å². The Balaban J connectivity index is 1.29. The van der Waals surface area contributed by atoms with Crippen LogP contribution >= 0.6 is 0 Å². The van der Waals surface area contributed by atoms with E-state index in [1.807, 2.05) is 31.4 Å². The molecule has 1 aliphatic heterocycles. The van der Waals surface area contributed by atoms with Gasteiger partial charge in [-0.2, -0.15) is 0 Å². The summed E-state index contributed by atoms with van der Waals surface area (Å²) in [6.45, 7) is 8.24. The highest BCUT2D eigenvalue weighted by atomic mass is 19.1. The zero-order valence-corrected chi connectivity index (χ0v) is 22.2. The van der Waals surface area contributed by atoms with Gasteiger partial charge in [-0.15, -0.1) is 0 Å². The summed E-state index contributed by atoms with van der Waals surface area (Å²) < 4.78 is 22.2. The first-order valence-electron chi connectivity index (χ1n) is 13.4. The average molecular weight is 523 g/mol. The molecule has 3 amide bonds. The number of anilines is 1. The number of urea groups is 1. The van der Waals surface area contributed by atoms with Crippen molar-refractivity contribution in [3.63, 3.8) is 0 Å². The van der Waals surface area contributed by atoms with Gasteiger partial charge in [0, 0.05) is 37.3 Å². The Morgan fingerprint density at radius 3 is 2.68 bits per heavy atom. The van der Waals surface area contributed by atoms with Crippen molar-refractivity contribution in [2.45, 2.75) is 58.5 Å². The number of morpholine rings is 1. The Kier molecular flexibility index (Phi) is 7.60. The smallest absolute Gasteiger partial charge is 0.317 e. The third kappa shape index (κ3) is 5.50. The van der Waals surface area contributed by atoms with Crippen LogP contribution in [-0.4, -0.2) is 63.7 Å². The van der Waals surface area contributed by atoms with E-state index in [4.69, 9.17) is 4.74 Å². The number of nitrogens with zero attached hydrogens (tertiary/aromatic N) is 4. The number of ether oxygens (including phenoxy) is 1. The molecule has 38 heavy (non-hydrogen) atoms. The van der Waals surface area contributed by atoms with Gasteiger partial charge >= 0.3 is 6.03 Å². The van der Waals surface area contributed by atoms with Crippen molar-refractivity contribution in [1.29, 1.82) is 0 Å². The van der Waals surface area contributed by atoms with Gasteiger partial charge in [0.25, 0.3) is 0 Å². The molecule has 5 rings (SSSR count). The molecule has 3 aromatic rings. The first kappa shape index (κ1) is 26.1. The summed E-state index contributed by atoms with van der Waals surface area (Å²) in [5.74, 6) is -0.296. The maximum atomic E-state index is 14.9. The van der Waals surface area contributed by atoms with Crippen LogP contribution < -0.4 is 10.6 Å². The van der Waals surface area contributed by atoms with Crippen LogP contribution in [0.25, 0.3) is 22.2 Å². The van der Waals surface area contributed by atoms with Gasteiger partial charge in [-0.1, -0.05) is 6.42 Å². The molecule has 1 aromatic carbocycles. The van der Waals surface area contributed by atoms with Crippen LogP contribution in [0.15, 0.2) is 30.7 Å². The molecule has 0 spiro atoms. The van der Waals surface area contributed by atoms with Crippen molar-refractivity contribution in [2.75, 3.05) is 31.6 Å². The number of aryl methyl sites for hydroxylation is 1. The molecule has 3 heterocycles. The third-order valence-corrected chi connectivity index (χ3v) is 7.53. The molecule has 0 bridgehead atoms. The van der Waals surface area contributed by atoms with Crippen LogP contribution in [0, 0.1) is 18.7 Å².